The molecule has 0 rings (SSSR count). The minimum Gasteiger partial charge on any atom is -0.480 e. The summed E-state index contributed by atoms with van der Waals surface area (Å²) < 4.78 is 71.8. The first-order chi connectivity index (χ1) is 6.96. The molecule has 0 amide bonds. The highest BCUT2D eigenvalue weighted by Gasteiger charge is 2.56. The number of rotatable bonds is 4. The molecule has 0 bridgehead atoms. The summed E-state index contributed by atoms with van der Waals surface area (Å²) in [7, 11) is 0. The summed E-state index contributed by atoms with van der Waals surface area (Å²) in [6, 6.07) is -1.73. The summed E-state index contributed by atoms with van der Waals surface area (Å²) in [6.07, 6.45) is -13.2. The van der Waals surface area contributed by atoms with Gasteiger partial charge in [0.25, 0.3) is 0 Å². The minimum absolute atomic E-state index is 0.890. The first-order valence-corrected chi connectivity index (χ1v) is 4.08. The second kappa shape index (κ2) is 4.89. The highest BCUT2D eigenvalue weighted by molar-refractivity contribution is 5.72. The third-order valence-corrected chi connectivity index (χ3v) is 1.87. The van der Waals surface area contributed by atoms with Crippen LogP contribution in [0.4, 0.5) is 26.3 Å². The average molecular weight is 253 g/mol. The fourth-order valence-electron chi connectivity index (χ4n) is 0.983. The van der Waals surface area contributed by atoms with Gasteiger partial charge >= 0.3 is 18.3 Å². The number of nitrogens with two attached hydrogens (primary N) is 1. The molecule has 0 aromatic carbocycles. The quantitative estimate of drug-likeness (QED) is 0.752. The van der Waals surface area contributed by atoms with Crippen molar-refractivity contribution in [2.75, 3.05) is 0 Å². The summed E-state index contributed by atoms with van der Waals surface area (Å²) in [5, 5.41) is 8.21. The van der Waals surface area contributed by atoms with E-state index in [1.807, 2.05) is 0 Å². The zero-order chi connectivity index (χ0) is 13.1. The van der Waals surface area contributed by atoms with Crippen molar-refractivity contribution in [3.8, 4) is 0 Å². The number of halogens is 6. The van der Waals surface area contributed by atoms with E-state index in [-0.39, 0.29) is 0 Å². The molecule has 0 fully saturated rings. The lowest BCUT2D eigenvalue weighted by Crippen LogP contribution is -2.39. The van der Waals surface area contributed by atoms with Crippen molar-refractivity contribution in [2.45, 2.75) is 31.2 Å². The van der Waals surface area contributed by atoms with Gasteiger partial charge in [0.1, 0.15) is 6.04 Å². The lowest BCUT2D eigenvalue weighted by Gasteiger charge is -2.23. The third-order valence-electron chi connectivity index (χ3n) is 1.87. The van der Waals surface area contributed by atoms with E-state index in [1.165, 1.54) is 0 Å². The van der Waals surface area contributed by atoms with Crippen LogP contribution in [0.25, 0.3) is 0 Å². The molecule has 0 saturated heterocycles. The van der Waals surface area contributed by atoms with Gasteiger partial charge in [-0.3, -0.25) is 4.79 Å². The predicted molar refractivity (Wildman–Crippen MR) is 40.4 cm³/mol. The van der Waals surface area contributed by atoms with E-state index < -0.39 is 43.1 Å². The Morgan fingerprint density at radius 3 is 1.69 bits per heavy atom. The molecule has 9 heteroatoms. The molecule has 0 radical (unpaired) electrons. The van der Waals surface area contributed by atoms with E-state index in [0.717, 1.165) is 0 Å². The van der Waals surface area contributed by atoms with Crippen molar-refractivity contribution in [3.63, 3.8) is 0 Å². The maximum Gasteiger partial charge on any atom is 0.400 e. The zero-order valence-corrected chi connectivity index (χ0v) is 7.77. The fourth-order valence-corrected chi connectivity index (χ4v) is 0.983. The van der Waals surface area contributed by atoms with Crippen molar-refractivity contribution in [2.24, 2.45) is 11.7 Å². The minimum atomic E-state index is -5.45. The summed E-state index contributed by atoms with van der Waals surface area (Å²) in [6.45, 7) is 0. The van der Waals surface area contributed by atoms with E-state index >= 15 is 0 Å². The van der Waals surface area contributed by atoms with Gasteiger partial charge in [-0.1, -0.05) is 0 Å². The second-order valence-electron chi connectivity index (χ2n) is 3.16. The molecule has 16 heavy (non-hydrogen) atoms. The molecule has 96 valence electrons. The van der Waals surface area contributed by atoms with Gasteiger partial charge in [-0.25, -0.2) is 0 Å². The Hall–Kier alpha value is -0.990. The summed E-state index contributed by atoms with van der Waals surface area (Å²) in [5.74, 6) is -5.17. The average Bonchev–Trinajstić information content (AvgIpc) is 1.98. The Morgan fingerprint density at radius 2 is 1.44 bits per heavy atom. The van der Waals surface area contributed by atoms with Crippen LogP contribution < -0.4 is 5.73 Å². The molecular weight excluding hydrogens is 244 g/mol. The third kappa shape index (κ3) is 4.69. The van der Waals surface area contributed by atoms with Gasteiger partial charge in [0, 0.05) is 0 Å². The summed E-state index contributed by atoms with van der Waals surface area (Å²) in [5.41, 5.74) is 4.82. The normalized spacial score (nSPS) is 15.2. The van der Waals surface area contributed by atoms with Crippen molar-refractivity contribution >= 4 is 5.97 Å². The molecule has 0 unspecified atom stereocenters. The number of carboxylic acid groups (broad SMARTS) is 1. The van der Waals surface area contributed by atoms with E-state index in [0.29, 0.717) is 0 Å². The maximum atomic E-state index is 12.0. The van der Waals surface area contributed by atoms with Gasteiger partial charge in [-0.15, -0.1) is 0 Å². The van der Waals surface area contributed by atoms with Crippen molar-refractivity contribution in [1.82, 2.24) is 0 Å². The van der Waals surface area contributed by atoms with Gasteiger partial charge in [0.15, 0.2) is 5.92 Å². The molecular formula is C7H9F6NO2. The Morgan fingerprint density at radius 1 is 1.06 bits per heavy atom. The number of carbonyl (C=O) groups is 1. The van der Waals surface area contributed by atoms with Crippen LogP contribution in [0.15, 0.2) is 0 Å². The Bertz CT molecular complexity index is 234. The van der Waals surface area contributed by atoms with E-state index in [9.17, 15) is 31.1 Å². The summed E-state index contributed by atoms with van der Waals surface area (Å²) in [4.78, 5) is 10.1. The summed E-state index contributed by atoms with van der Waals surface area (Å²) >= 11 is 0. The lowest BCUT2D eigenvalue weighted by molar-refractivity contribution is -0.286. The molecule has 0 aromatic heterocycles. The first kappa shape index (κ1) is 15.0. The molecule has 0 aliphatic rings. The van der Waals surface area contributed by atoms with Crippen LogP contribution in [0.2, 0.25) is 0 Å². The van der Waals surface area contributed by atoms with Crippen LogP contribution in [-0.2, 0) is 4.79 Å². The Labute approximate surface area is 86.2 Å². The lowest BCUT2D eigenvalue weighted by atomic mass is 9.99. The highest BCUT2D eigenvalue weighted by Crippen LogP contribution is 2.41. The van der Waals surface area contributed by atoms with Crippen molar-refractivity contribution < 1.29 is 36.2 Å². The Kier molecular flexibility index (Phi) is 4.59. The topological polar surface area (TPSA) is 63.3 Å². The van der Waals surface area contributed by atoms with Gasteiger partial charge in [-0.2, -0.15) is 26.3 Å². The zero-order valence-electron chi connectivity index (χ0n) is 7.77. The van der Waals surface area contributed by atoms with Gasteiger partial charge in [-0.05, 0) is 12.8 Å². The number of hydrogen-bond acceptors (Lipinski definition) is 2. The first-order valence-electron chi connectivity index (χ1n) is 4.08. The van der Waals surface area contributed by atoms with Gasteiger partial charge in [0.05, 0.1) is 0 Å². The highest BCUT2D eigenvalue weighted by atomic mass is 19.4. The standard InChI is InChI=1S/C7H9F6NO2/c8-6(9,10)4(7(11,12)13)2-1-3(14)5(15)16/h3-4H,1-2,14H2,(H,15,16)/t3-/m0/s1. The number of hydrogen-bond donors (Lipinski definition) is 2. The van der Waals surface area contributed by atoms with Crippen LogP contribution in [0, 0.1) is 5.92 Å². The monoisotopic (exact) mass is 253 g/mol. The molecule has 0 saturated carbocycles. The van der Waals surface area contributed by atoms with Crippen LogP contribution in [-0.4, -0.2) is 29.5 Å². The Balaban J connectivity index is 4.54. The van der Waals surface area contributed by atoms with Gasteiger partial charge in [0.2, 0.25) is 0 Å². The SMILES string of the molecule is N[C@@H](CCC(C(F)(F)F)C(F)(F)F)C(=O)O. The van der Waals surface area contributed by atoms with E-state index in [2.05, 4.69) is 0 Å². The molecule has 0 aliphatic heterocycles. The molecule has 3 N–H and O–H groups in total. The van der Waals surface area contributed by atoms with Crippen molar-refractivity contribution in [1.29, 1.82) is 0 Å². The van der Waals surface area contributed by atoms with E-state index in [1.54, 1.807) is 0 Å². The number of alkyl halides is 6. The molecule has 0 aromatic rings. The number of carboxylic acids is 1. The molecule has 0 aliphatic carbocycles. The molecule has 3 nitrogen and oxygen atoms in total. The van der Waals surface area contributed by atoms with Crippen LogP contribution in [0.1, 0.15) is 12.8 Å². The van der Waals surface area contributed by atoms with Crippen LogP contribution in [0.5, 0.6) is 0 Å². The van der Waals surface area contributed by atoms with Crippen LogP contribution in [0.3, 0.4) is 0 Å². The van der Waals surface area contributed by atoms with Crippen LogP contribution >= 0.6 is 0 Å². The maximum absolute atomic E-state index is 12.0. The van der Waals surface area contributed by atoms with Gasteiger partial charge < -0.3 is 10.8 Å². The number of aliphatic carboxylic acids is 1. The second-order valence-corrected chi connectivity index (χ2v) is 3.16. The molecule has 1 atom stereocenters. The predicted octanol–water partition coefficient (Wildman–Crippen LogP) is 1.92. The largest absolute Gasteiger partial charge is 0.480 e. The fraction of sp³-hybridized carbons (Fsp3) is 0.857. The molecule has 0 heterocycles. The van der Waals surface area contributed by atoms with E-state index in [4.69, 9.17) is 10.8 Å². The molecule has 0 spiro atoms. The van der Waals surface area contributed by atoms with Crippen molar-refractivity contribution in [3.05, 3.63) is 0 Å². The smallest absolute Gasteiger partial charge is 0.400 e.